The number of hydrogen-bond acceptors (Lipinski definition) is 11. The van der Waals surface area contributed by atoms with Crippen LogP contribution in [0.25, 0.3) is 0 Å². The van der Waals surface area contributed by atoms with Crippen LogP contribution in [0.1, 0.15) is 160 Å². The summed E-state index contributed by atoms with van der Waals surface area (Å²) in [5.74, 6) is -9.21. The minimum atomic E-state index is -5.00. The molecule has 0 aromatic heterocycles. The van der Waals surface area contributed by atoms with Crippen molar-refractivity contribution in [2.24, 2.45) is 17.8 Å². The van der Waals surface area contributed by atoms with Crippen molar-refractivity contribution in [1.82, 2.24) is 55.1 Å². The fraction of sp³-hybridized carbons (Fsp3) is 0.671. The van der Waals surface area contributed by atoms with Gasteiger partial charge in [0.1, 0.15) is 59.7 Å². The fourth-order valence-corrected chi connectivity index (χ4v) is 14.3. The quantitative estimate of drug-likeness (QED) is 0.246. The van der Waals surface area contributed by atoms with E-state index in [0.29, 0.717) is 56.2 Å². The molecule has 11 amide bonds. The third-order valence-electron chi connectivity index (χ3n) is 21.0. The van der Waals surface area contributed by atoms with Crippen LogP contribution < -0.4 is 16.0 Å². The number of nitrogens with zero attached hydrogens (tertiary/aromatic N) is 8. The van der Waals surface area contributed by atoms with E-state index >= 15 is 18.8 Å². The maximum atomic E-state index is 15.4. The SMILES string of the molecule is CC[C@H](C)[C@@H]1NC(=O)[C@H](CC(C)C)N(C)C(=O)C[C@@H](C)N(C)C(=O)[C@H](C2CCCC2)N(C)C(=O)C2(CCCC2)NC(=O)[C@@H]2CCCN2C(=O)[C@H](CCc2ccc(C(F)(F)F)c(F)c2)NC(=O)CN(C)C(=O)[C@H](Cc2ccc(C)cc2)N(C)C(=O)[C@@H]2CCN2C(=O)[C@H](C)N(C)C1=O. The van der Waals surface area contributed by atoms with Gasteiger partial charge in [0.05, 0.1) is 12.1 Å². The second kappa shape index (κ2) is 32.1. The number of fused-ring (bicyclic) bond motifs is 2. The monoisotopic (exact) mass is 1350 g/mol. The van der Waals surface area contributed by atoms with Crippen molar-refractivity contribution in [3.63, 3.8) is 0 Å². The Labute approximate surface area is 562 Å². The summed E-state index contributed by atoms with van der Waals surface area (Å²) in [7, 11) is 8.78. The number of amides is 11. The number of aryl methyl sites for hydroxylation is 2. The smallest absolute Gasteiger partial charge is 0.343 e. The molecule has 96 heavy (non-hydrogen) atoms. The Hall–Kier alpha value is -7.67. The Morgan fingerprint density at radius 3 is 1.83 bits per heavy atom. The first-order valence-electron chi connectivity index (χ1n) is 34.1. The summed E-state index contributed by atoms with van der Waals surface area (Å²) in [6.45, 7) is 12.0. The van der Waals surface area contributed by atoms with Gasteiger partial charge in [0.15, 0.2) is 0 Å². The number of likely N-dealkylation sites (N-methyl/N-ethyl adjacent to an activating group) is 6. The van der Waals surface area contributed by atoms with Crippen LogP contribution >= 0.6 is 0 Å². The van der Waals surface area contributed by atoms with Crippen molar-refractivity contribution < 1.29 is 70.3 Å². The van der Waals surface area contributed by atoms with Gasteiger partial charge in [0.25, 0.3) is 0 Å². The Morgan fingerprint density at radius 1 is 0.625 bits per heavy atom. The zero-order valence-electron chi connectivity index (χ0n) is 58.2. The minimum absolute atomic E-state index is 0.0155. The van der Waals surface area contributed by atoms with Crippen molar-refractivity contribution in [2.75, 3.05) is 61.9 Å². The predicted molar refractivity (Wildman–Crippen MR) is 350 cm³/mol. The summed E-state index contributed by atoms with van der Waals surface area (Å²) in [4.78, 5) is 174. The highest BCUT2D eigenvalue weighted by molar-refractivity contribution is 6.00. The highest BCUT2D eigenvalue weighted by Crippen LogP contribution is 2.38. The summed E-state index contributed by atoms with van der Waals surface area (Å²) in [5.41, 5.74) is -1.39. The molecule has 5 aliphatic rings. The van der Waals surface area contributed by atoms with Crippen LogP contribution in [-0.4, -0.2) is 226 Å². The Morgan fingerprint density at radius 2 is 1.25 bits per heavy atom. The van der Waals surface area contributed by atoms with Crippen LogP contribution in [-0.2, 0) is 71.8 Å². The molecule has 530 valence electrons. The average molecular weight is 1350 g/mol. The van der Waals surface area contributed by atoms with Gasteiger partial charge < -0.3 is 55.1 Å². The number of carbonyl (C=O) groups excluding carboxylic acids is 11. The largest absolute Gasteiger partial charge is 0.419 e. The molecule has 26 heteroatoms. The molecule has 7 rings (SSSR count). The minimum Gasteiger partial charge on any atom is -0.343 e. The molecule has 1 spiro atoms. The van der Waals surface area contributed by atoms with Gasteiger partial charge in [-0.3, -0.25) is 52.7 Å². The van der Waals surface area contributed by atoms with E-state index in [4.69, 9.17) is 0 Å². The Balaban J connectivity index is 1.26. The van der Waals surface area contributed by atoms with E-state index in [0.717, 1.165) is 29.4 Å². The van der Waals surface area contributed by atoms with Gasteiger partial charge in [-0.05, 0) is 126 Å². The maximum Gasteiger partial charge on any atom is 0.419 e. The lowest BCUT2D eigenvalue weighted by Crippen LogP contribution is -2.65. The first-order chi connectivity index (χ1) is 45.1. The number of rotatable bonds is 10. The van der Waals surface area contributed by atoms with E-state index in [2.05, 4.69) is 16.0 Å². The van der Waals surface area contributed by atoms with Crippen molar-refractivity contribution in [3.8, 4) is 0 Å². The second-order valence-electron chi connectivity index (χ2n) is 28.2. The predicted octanol–water partition coefficient (Wildman–Crippen LogP) is 5.64. The maximum absolute atomic E-state index is 15.4. The molecule has 3 aliphatic heterocycles. The highest BCUT2D eigenvalue weighted by Gasteiger charge is 2.51. The lowest BCUT2D eigenvalue weighted by Gasteiger charge is -2.45. The summed E-state index contributed by atoms with van der Waals surface area (Å²) < 4.78 is 56.1. The van der Waals surface area contributed by atoms with Gasteiger partial charge in [-0.2, -0.15) is 13.2 Å². The van der Waals surface area contributed by atoms with Crippen molar-refractivity contribution in [2.45, 2.75) is 224 Å². The molecule has 3 saturated heterocycles. The molecule has 2 aromatic rings. The van der Waals surface area contributed by atoms with E-state index in [1.807, 2.05) is 39.8 Å². The molecule has 2 aliphatic carbocycles. The molecule has 3 N–H and O–H groups in total. The van der Waals surface area contributed by atoms with Crippen molar-refractivity contribution in [1.29, 1.82) is 0 Å². The zero-order chi connectivity index (χ0) is 71.0. The third-order valence-corrected chi connectivity index (χ3v) is 21.0. The first kappa shape index (κ1) is 75.7. The topological polar surface area (TPSA) is 250 Å². The van der Waals surface area contributed by atoms with Crippen LogP contribution in [0.2, 0.25) is 0 Å². The normalized spacial score (nSPS) is 27.3. The lowest BCUT2D eigenvalue weighted by atomic mass is 9.90. The average Bonchev–Trinajstić information content (AvgIpc) is 1.33. The first-order valence-corrected chi connectivity index (χ1v) is 34.1. The molecular formula is C70H101F4N11O11. The second-order valence-corrected chi connectivity index (χ2v) is 28.2. The van der Waals surface area contributed by atoms with E-state index in [-0.39, 0.29) is 88.3 Å². The van der Waals surface area contributed by atoms with Gasteiger partial charge in [-0.25, -0.2) is 4.39 Å². The summed E-state index contributed by atoms with van der Waals surface area (Å²) in [5, 5.41) is 8.69. The van der Waals surface area contributed by atoms with Gasteiger partial charge >= 0.3 is 6.18 Å². The summed E-state index contributed by atoms with van der Waals surface area (Å²) in [6, 6.07) is -0.637. The fourth-order valence-electron chi connectivity index (χ4n) is 14.3. The van der Waals surface area contributed by atoms with Gasteiger partial charge in [-0.1, -0.05) is 95.7 Å². The lowest BCUT2D eigenvalue weighted by molar-refractivity contribution is -0.160. The summed E-state index contributed by atoms with van der Waals surface area (Å²) >= 11 is 0. The van der Waals surface area contributed by atoms with Crippen LogP contribution in [0.4, 0.5) is 17.6 Å². The molecule has 0 bridgehead atoms. The van der Waals surface area contributed by atoms with E-state index in [9.17, 15) is 51.5 Å². The molecule has 3 heterocycles. The molecule has 0 radical (unpaired) electrons. The standard InChI is InChI=1S/C70H101F4N11O11/c1-14-43(5)58-66(94)80(10)45(7)62(90)85-35-31-53(85)65(93)82(12)55(39-47-25-23-42(4)24-26-47)64(92)78(8)40-56(86)75-51(30-28-46-27-29-49(50(71)38-46)70(72,73)74)63(91)84-34-19-22-52(84)61(89)77-69(32-17-18-33-69)68(96)83(13)59(48-20-15-16-21-48)67(95)79(9)44(6)37-57(87)81(11)54(36-41(2)3)60(88)76-58/h23-27,29,38,41,43-45,48,51-55,58-59H,14-22,28,30-37,39-40H2,1-13H3,(H,75,86)(H,76,88)(H,77,89)/t43-,44+,45-,51-,52-,53-,54-,55-,58-,59-/m0/s1. The Bertz CT molecular complexity index is 3190. The zero-order valence-corrected chi connectivity index (χ0v) is 58.2. The van der Waals surface area contributed by atoms with E-state index in [1.165, 1.54) is 69.4 Å². The molecule has 2 saturated carbocycles. The number of benzene rings is 2. The molecular weight excluding hydrogens is 1250 g/mol. The third kappa shape index (κ3) is 17.4. The molecule has 0 unspecified atom stereocenters. The molecule has 10 atom stereocenters. The number of alkyl halides is 3. The summed E-state index contributed by atoms with van der Waals surface area (Å²) in [6.07, 6.45) is -0.183. The van der Waals surface area contributed by atoms with Gasteiger partial charge in [-0.15, -0.1) is 0 Å². The molecule has 5 fully saturated rings. The van der Waals surface area contributed by atoms with E-state index < -0.39 is 155 Å². The van der Waals surface area contributed by atoms with E-state index in [1.54, 1.807) is 40.1 Å². The van der Waals surface area contributed by atoms with Crippen LogP contribution in [0.15, 0.2) is 42.5 Å². The van der Waals surface area contributed by atoms with Crippen LogP contribution in [0, 0.1) is 30.5 Å². The molecule has 2 aromatic carbocycles. The number of nitrogens with one attached hydrogen (secondary N) is 3. The van der Waals surface area contributed by atoms with Crippen LogP contribution in [0.3, 0.4) is 0 Å². The van der Waals surface area contributed by atoms with Gasteiger partial charge in [0, 0.05) is 74.3 Å². The van der Waals surface area contributed by atoms with Gasteiger partial charge in [0.2, 0.25) is 65.0 Å². The number of hydrogen-bond donors (Lipinski definition) is 3. The van der Waals surface area contributed by atoms with Crippen molar-refractivity contribution in [3.05, 3.63) is 70.5 Å². The highest BCUT2D eigenvalue weighted by atomic mass is 19.4. The number of carbonyl (C=O) groups is 11. The molecule has 22 nitrogen and oxygen atoms in total. The number of halogens is 4. The van der Waals surface area contributed by atoms with Crippen LogP contribution in [0.5, 0.6) is 0 Å². The Kier molecular flexibility index (Phi) is 25.3. The van der Waals surface area contributed by atoms with Crippen molar-refractivity contribution >= 4 is 65.0 Å².